The molecular formula is C26H21ClF3N3O3. The van der Waals surface area contributed by atoms with Crippen LogP contribution in [0.3, 0.4) is 0 Å². The summed E-state index contributed by atoms with van der Waals surface area (Å²) in [6, 6.07) is 17.2. The number of hydrogen-bond acceptors (Lipinski definition) is 5. The number of imide groups is 1. The monoisotopic (exact) mass is 515 g/mol. The van der Waals surface area contributed by atoms with Crippen molar-refractivity contribution in [1.29, 1.82) is 0 Å². The number of fused-ring (bicyclic) bond motifs is 1. The minimum atomic E-state index is -4.50. The van der Waals surface area contributed by atoms with E-state index in [1.165, 1.54) is 17.2 Å². The average Bonchev–Trinajstić information content (AvgIpc) is 3.35. The van der Waals surface area contributed by atoms with Crippen molar-refractivity contribution in [3.8, 4) is 0 Å². The number of hydroxylamine groups is 1. The second kappa shape index (κ2) is 8.83. The smallest absolute Gasteiger partial charge is 0.378 e. The van der Waals surface area contributed by atoms with Crippen molar-refractivity contribution in [2.45, 2.75) is 18.3 Å². The van der Waals surface area contributed by atoms with Gasteiger partial charge in [0.25, 0.3) is 5.91 Å². The molecular weight excluding hydrogens is 495 g/mol. The van der Waals surface area contributed by atoms with Gasteiger partial charge in [0, 0.05) is 24.8 Å². The van der Waals surface area contributed by atoms with Gasteiger partial charge in [-0.25, -0.2) is 9.96 Å². The Balaban J connectivity index is 1.54. The maximum Gasteiger partial charge on any atom is 0.416 e. The molecule has 5 rings (SSSR count). The molecule has 186 valence electrons. The Kier molecular flexibility index (Phi) is 5.92. The molecule has 0 bridgehead atoms. The molecule has 0 saturated carbocycles. The van der Waals surface area contributed by atoms with Gasteiger partial charge in [-0.3, -0.25) is 14.4 Å². The Morgan fingerprint density at radius 3 is 1.97 bits per heavy atom. The van der Waals surface area contributed by atoms with Crippen LogP contribution in [-0.4, -0.2) is 32.0 Å². The first-order valence-electron chi connectivity index (χ1n) is 11.1. The quantitative estimate of drug-likeness (QED) is 0.431. The zero-order chi connectivity index (χ0) is 25.8. The molecule has 0 unspecified atom stereocenters. The minimum Gasteiger partial charge on any atom is -0.378 e. The normalized spacial score (nSPS) is 21.8. The number of hydrogen-bond donors (Lipinski definition) is 0. The van der Waals surface area contributed by atoms with Gasteiger partial charge in [0.15, 0.2) is 6.10 Å². The van der Waals surface area contributed by atoms with Gasteiger partial charge in [-0.15, -0.1) is 0 Å². The lowest BCUT2D eigenvalue weighted by atomic mass is 9.90. The van der Waals surface area contributed by atoms with Gasteiger partial charge in [-0.05, 0) is 66.2 Å². The van der Waals surface area contributed by atoms with Crippen LogP contribution >= 0.6 is 11.6 Å². The molecule has 0 aliphatic carbocycles. The van der Waals surface area contributed by atoms with E-state index in [9.17, 15) is 22.8 Å². The number of nitrogens with zero attached hydrogens (tertiary/aromatic N) is 3. The summed E-state index contributed by atoms with van der Waals surface area (Å²) in [4.78, 5) is 36.0. The molecule has 6 nitrogen and oxygen atoms in total. The summed E-state index contributed by atoms with van der Waals surface area (Å²) >= 11 is 6.01. The highest BCUT2D eigenvalue weighted by Crippen LogP contribution is 2.48. The third-order valence-corrected chi connectivity index (χ3v) is 6.65. The SMILES string of the molecule is CN(C)c1ccc(N2C(=O)[C@@H]3[C@H](ON(c4ccc(Cl)cc4)[C@@H]3c3ccc(C(F)(F)F)cc3)C2=O)cc1. The van der Waals surface area contributed by atoms with E-state index in [0.717, 1.165) is 22.7 Å². The van der Waals surface area contributed by atoms with Gasteiger partial charge >= 0.3 is 6.18 Å². The largest absolute Gasteiger partial charge is 0.416 e. The number of amides is 2. The highest BCUT2D eigenvalue weighted by molar-refractivity contribution is 6.30. The van der Waals surface area contributed by atoms with E-state index in [0.29, 0.717) is 22.0 Å². The van der Waals surface area contributed by atoms with Crippen LogP contribution in [0.25, 0.3) is 0 Å². The third kappa shape index (κ3) is 4.08. The van der Waals surface area contributed by atoms with Crippen molar-refractivity contribution in [3.63, 3.8) is 0 Å². The molecule has 0 aromatic heterocycles. The van der Waals surface area contributed by atoms with Crippen LogP contribution < -0.4 is 14.9 Å². The zero-order valence-electron chi connectivity index (χ0n) is 19.2. The Labute approximate surface area is 210 Å². The van der Waals surface area contributed by atoms with E-state index >= 15 is 0 Å². The lowest BCUT2D eigenvalue weighted by Crippen LogP contribution is -2.37. The Morgan fingerprint density at radius 2 is 1.42 bits per heavy atom. The summed E-state index contributed by atoms with van der Waals surface area (Å²) in [5.41, 5.74) is 1.41. The number of halogens is 4. The highest BCUT2D eigenvalue weighted by Gasteiger charge is 2.60. The first kappa shape index (κ1) is 24.1. The Morgan fingerprint density at radius 1 is 0.833 bits per heavy atom. The standard InChI is InChI=1S/C26H21ClF3N3O3/c1-31(2)18-11-13-19(14-12-18)32-24(34)21-22(15-3-5-16(6-4-15)26(28,29)30)33(36-23(21)25(32)35)20-9-7-17(27)8-10-20/h3-14,21-23H,1-2H3/t21-,22+,23-/m0/s1. The zero-order valence-corrected chi connectivity index (χ0v) is 20.0. The third-order valence-electron chi connectivity index (χ3n) is 6.40. The van der Waals surface area contributed by atoms with Crippen molar-refractivity contribution in [3.05, 3.63) is 88.9 Å². The van der Waals surface area contributed by atoms with Gasteiger partial charge in [0.1, 0.15) is 5.92 Å². The maximum absolute atomic E-state index is 13.6. The number of rotatable bonds is 4. The van der Waals surface area contributed by atoms with Crippen LogP contribution in [0.15, 0.2) is 72.8 Å². The number of carbonyl (C=O) groups excluding carboxylic acids is 2. The molecule has 10 heteroatoms. The summed E-state index contributed by atoms with van der Waals surface area (Å²) in [6.45, 7) is 0. The minimum absolute atomic E-state index is 0.401. The second-order valence-electron chi connectivity index (χ2n) is 8.84. The predicted octanol–water partition coefficient (Wildman–Crippen LogP) is 5.48. The van der Waals surface area contributed by atoms with E-state index in [1.807, 2.05) is 19.0 Å². The van der Waals surface area contributed by atoms with E-state index < -0.39 is 41.6 Å². The molecule has 2 saturated heterocycles. The number of anilines is 3. The van der Waals surface area contributed by atoms with E-state index in [2.05, 4.69) is 0 Å². The van der Waals surface area contributed by atoms with Crippen molar-refractivity contribution in [2.24, 2.45) is 5.92 Å². The fourth-order valence-electron chi connectivity index (χ4n) is 4.59. The Bertz CT molecular complexity index is 1300. The topological polar surface area (TPSA) is 53.1 Å². The molecule has 0 N–H and O–H groups in total. The molecule has 0 spiro atoms. The fraction of sp³-hybridized carbons (Fsp3) is 0.231. The summed E-state index contributed by atoms with van der Waals surface area (Å²) in [5.74, 6) is -1.97. The lowest BCUT2D eigenvalue weighted by Gasteiger charge is -2.29. The van der Waals surface area contributed by atoms with Crippen molar-refractivity contribution < 1.29 is 27.6 Å². The first-order valence-corrected chi connectivity index (χ1v) is 11.5. The van der Waals surface area contributed by atoms with E-state index in [-0.39, 0.29) is 0 Å². The molecule has 0 radical (unpaired) electrons. The first-order chi connectivity index (χ1) is 17.1. The van der Waals surface area contributed by atoms with Crippen LogP contribution in [0.5, 0.6) is 0 Å². The molecule has 36 heavy (non-hydrogen) atoms. The predicted molar refractivity (Wildman–Crippen MR) is 130 cm³/mol. The number of alkyl halides is 3. The fourth-order valence-corrected chi connectivity index (χ4v) is 4.71. The molecule has 2 aliphatic heterocycles. The van der Waals surface area contributed by atoms with Crippen LogP contribution in [0, 0.1) is 5.92 Å². The highest BCUT2D eigenvalue weighted by atomic mass is 35.5. The van der Waals surface area contributed by atoms with Crippen LogP contribution in [0.4, 0.5) is 30.2 Å². The molecule has 3 aromatic carbocycles. The van der Waals surface area contributed by atoms with Crippen molar-refractivity contribution >= 4 is 40.5 Å². The van der Waals surface area contributed by atoms with Crippen LogP contribution in [-0.2, 0) is 20.6 Å². The molecule has 3 aromatic rings. The van der Waals surface area contributed by atoms with Gasteiger partial charge in [0.05, 0.1) is 23.0 Å². The molecule has 2 aliphatic rings. The summed E-state index contributed by atoms with van der Waals surface area (Å²) in [5, 5.41) is 1.89. The van der Waals surface area contributed by atoms with Gasteiger partial charge < -0.3 is 4.90 Å². The summed E-state index contributed by atoms with van der Waals surface area (Å²) < 4.78 is 39.5. The molecule has 2 heterocycles. The van der Waals surface area contributed by atoms with Gasteiger partial charge in [-0.1, -0.05) is 23.7 Å². The van der Waals surface area contributed by atoms with Gasteiger partial charge in [0.2, 0.25) is 5.91 Å². The maximum atomic E-state index is 13.6. The average molecular weight is 516 g/mol. The molecule has 2 fully saturated rings. The van der Waals surface area contributed by atoms with Crippen molar-refractivity contribution in [1.82, 2.24) is 0 Å². The van der Waals surface area contributed by atoms with Crippen molar-refractivity contribution in [2.75, 3.05) is 29.0 Å². The lowest BCUT2D eigenvalue weighted by molar-refractivity contribution is -0.137. The molecule has 3 atom stereocenters. The van der Waals surface area contributed by atoms with E-state index in [4.69, 9.17) is 16.4 Å². The second-order valence-corrected chi connectivity index (χ2v) is 9.28. The van der Waals surface area contributed by atoms with Crippen LogP contribution in [0.1, 0.15) is 17.2 Å². The Hall–Kier alpha value is -3.56. The van der Waals surface area contributed by atoms with Crippen LogP contribution in [0.2, 0.25) is 5.02 Å². The number of benzene rings is 3. The van der Waals surface area contributed by atoms with Gasteiger partial charge in [-0.2, -0.15) is 13.2 Å². The summed E-state index contributed by atoms with van der Waals surface area (Å²) in [6.07, 6.45) is -5.63. The molecule has 2 amide bonds. The summed E-state index contributed by atoms with van der Waals surface area (Å²) in [7, 11) is 3.75. The number of carbonyl (C=O) groups is 2. The van der Waals surface area contributed by atoms with E-state index in [1.54, 1.807) is 48.5 Å².